The average Bonchev–Trinajstić information content (AvgIpc) is 2.64. The Balaban J connectivity index is 1.51. The lowest BCUT2D eigenvalue weighted by Crippen LogP contribution is -2.52. The largest absolute Gasteiger partial charge is 0.369 e. The Bertz CT molecular complexity index is 674. The van der Waals surface area contributed by atoms with Gasteiger partial charge in [0.05, 0.1) is 12.5 Å². The van der Waals surface area contributed by atoms with Crippen LogP contribution in [0.25, 0.3) is 0 Å². The first-order valence-corrected chi connectivity index (χ1v) is 9.62. The van der Waals surface area contributed by atoms with E-state index in [1.54, 1.807) is 4.90 Å². The van der Waals surface area contributed by atoms with Gasteiger partial charge in [-0.05, 0) is 37.5 Å². The zero-order valence-corrected chi connectivity index (χ0v) is 16.0. The lowest BCUT2D eigenvalue weighted by Gasteiger charge is -2.38. The third-order valence-electron chi connectivity index (χ3n) is 5.42. The van der Waals surface area contributed by atoms with Gasteiger partial charge < -0.3 is 15.5 Å². The summed E-state index contributed by atoms with van der Waals surface area (Å²) in [6.07, 6.45) is 1.64. The zero-order chi connectivity index (χ0) is 18.7. The van der Waals surface area contributed by atoms with Gasteiger partial charge in [-0.1, -0.05) is 17.7 Å². The van der Waals surface area contributed by atoms with Crippen molar-refractivity contribution in [2.45, 2.75) is 19.8 Å². The number of piperidine rings is 1. The summed E-state index contributed by atoms with van der Waals surface area (Å²) in [5.41, 5.74) is 7.79. The number of carbonyl (C=O) groups excluding carboxylic acids is 2. The van der Waals surface area contributed by atoms with Gasteiger partial charge in [-0.25, -0.2) is 0 Å². The number of likely N-dealkylation sites (tertiary alicyclic amines) is 1. The van der Waals surface area contributed by atoms with Crippen molar-refractivity contribution in [3.63, 3.8) is 0 Å². The van der Waals surface area contributed by atoms with Crippen molar-refractivity contribution in [3.8, 4) is 0 Å². The number of halogens is 1. The summed E-state index contributed by atoms with van der Waals surface area (Å²) in [5.74, 6) is -0.397. The second-order valence-electron chi connectivity index (χ2n) is 7.28. The summed E-state index contributed by atoms with van der Waals surface area (Å²) < 4.78 is 0. The first-order valence-electron chi connectivity index (χ1n) is 9.24. The Labute approximate surface area is 159 Å². The Morgan fingerprint density at radius 2 is 1.92 bits per heavy atom. The predicted molar refractivity (Wildman–Crippen MR) is 103 cm³/mol. The summed E-state index contributed by atoms with van der Waals surface area (Å²) in [6.45, 7) is 7.12. The van der Waals surface area contributed by atoms with Crippen LogP contribution < -0.4 is 10.6 Å². The second-order valence-corrected chi connectivity index (χ2v) is 7.71. The van der Waals surface area contributed by atoms with Gasteiger partial charge in [-0.3, -0.25) is 14.5 Å². The van der Waals surface area contributed by atoms with Gasteiger partial charge in [-0.2, -0.15) is 0 Å². The molecule has 1 aromatic carbocycles. The number of nitrogens with two attached hydrogens (primary N) is 1. The molecular formula is C19H27ClN4O2. The summed E-state index contributed by atoms with van der Waals surface area (Å²) in [5, 5.41) is 0.748. The van der Waals surface area contributed by atoms with Gasteiger partial charge >= 0.3 is 0 Å². The number of hydrogen-bond donors (Lipinski definition) is 1. The molecular weight excluding hydrogens is 352 g/mol. The fraction of sp³-hybridized carbons (Fsp3) is 0.579. The van der Waals surface area contributed by atoms with Crippen LogP contribution in [0.3, 0.4) is 0 Å². The van der Waals surface area contributed by atoms with E-state index in [-0.39, 0.29) is 17.7 Å². The molecule has 0 radical (unpaired) electrons. The number of nitrogens with zero attached hydrogens (tertiary/aromatic N) is 3. The summed E-state index contributed by atoms with van der Waals surface area (Å²) in [6, 6.07) is 5.96. The molecule has 26 heavy (non-hydrogen) atoms. The van der Waals surface area contributed by atoms with E-state index in [9.17, 15) is 9.59 Å². The number of anilines is 1. The van der Waals surface area contributed by atoms with E-state index in [2.05, 4.69) is 16.7 Å². The van der Waals surface area contributed by atoms with Crippen LogP contribution in [0, 0.1) is 12.8 Å². The van der Waals surface area contributed by atoms with Crippen molar-refractivity contribution in [1.82, 2.24) is 9.80 Å². The smallest absolute Gasteiger partial charge is 0.236 e. The monoisotopic (exact) mass is 378 g/mol. The lowest BCUT2D eigenvalue weighted by atomic mass is 9.97. The highest BCUT2D eigenvalue weighted by Crippen LogP contribution is 2.25. The van der Waals surface area contributed by atoms with E-state index in [1.807, 2.05) is 18.2 Å². The molecule has 7 heteroatoms. The molecule has 0 saturated carbocycles. The molecule has 2 amide bonds. The molecule has 2 aliphatic rings. The van der Waals surface area contributed by atoms with Gasteiger partial charge in [-0.15, -0.1) is 0 Å². The molecule has 1 aromatic rings. The quantitative estimate of drug-likeness (QED) is 0.861. The van der Waals surface area contributed by atoms with Crippen LogP contribution in [-0.2, 0) is 9.59 Å². The predicted octanol–water partition coefficient (Wildman–Crippen LogP) is 1.49. The van der Waals surface area contributed by atoms with Crippen LogP contribution in [0.4, 0.5) is 5.69 Å². The van der Waals surface area contributed by atoms with Crippen LogP contribution in [0.2, 0.25) is 5.02 Å². The molecule has 6 nitrogen and oxygen atoms in total. The normalized spacial score (nSPS) is 21.7. The molecule has 142 valence electrons. The molecule has 1 atom stereocenters. The third-order valence-corrected chi connectivity index (χ3v) is 5.65. The number of piperazine rings is 1. The highest BCUT2D eigenvalue weighted by Gasteiger charge is 2.28. The van der Waals surface area contributed by atoms with E-state index in [1.165, 1.54) is 11.3 Å². The van der Waals surface area contributed by atoms with E-state index in [4.69, 9.17) is 17.3 Å². The molecule has 2 aliphatic heterocycles. The Morgan fingerprint density at radius 1 is 1.19 bits per heavy atom. The van der Waals surface area contributed by atoms with Crippen LogP contribution in [-0.4, -0.2) is 67.4 Å². The second kappa shape index (κ2) is 8.27. The summed E-state index contributed by atoms with van der Waals surface area (Å²) in [7, 11) is 0. The van der Waals surface area contributed by atoms with Crippen molar-refractivity contribution in [3.05, 3.63) is 28.8 Å². The van der Waals surface area contributed by atoms with Crippen molar-refractivity contribution < 1.29 is 9.59 Å². The van der Waals surface area contributed by atoms with Crippen molar-refractivity contribution in [1.29, 1.82) is 0 Å². The Morgan fingerprint density at radius 3 is 2.62 bits per heavy atom. The fourth-order valence-electron chi connectivity index (χ4n) is 3.80. The molecule has 0 unspecified atom stereocenters. The maximum absolute atomic E-state index is 12.6. The molecule has 3 rings (SSSR count). The molecule has 0 spiro atoms. The van der Waals surface area contributed by atoms with E-state index >= 15 is 0 Å². The minimum absolute atomic E-state index is 0.100. The van der Waals surface area contributed by atoms with Gasteiger partial charge in [0.2, 0.25) is 11.8 Å². The third kappa shape index (κ3) is 4.48. The molecule has 2 fully saturated rings. The number of benzene rings is 1. The van der Waals surface area contributed by atoms with Gasteiger partial charge in [0.25, 0.3) is 0 Å². The van der Waals surface area contributed by atoms with Crippen molar-refractivity contribution in [2.75, 3.05) is 50.7 Å². The number of aryl methyl sites for hydroxylation is 1. The maximum atomic E-state index is 12.6. The van der Waals surface area contributed by atoms with Crippen LogP contribution >= 0.6 is 11.6 Å². The first kappa shape index (κ1) is 19.0. The summed E-state index contributed by atoms with van der Waals surface area (Å²) in [4.78, 5) is 30.3. The number of carbonyl (C=O) groups is 2. The molecule has 2 heterocycles. The number of primary amides is 1. The standard InChI is InChI=1S/C19H27ClN4O2/c1-14-4-5-16(20)11-17(14)23-9-7-22(8-10-23)13-18(25)24-6-2-3-15(12-24)19(21)26/h4-5,11,15H,2-3,6-10,12-13H2,1H3,(H2,21,26)/t15-/m1/s1. The van der Waals surface area contributed by atoms with Gasteiger partial charge in [0, 0.05) is 50.0 Å². The van der Waals surface area contributed by atoms with Crippen LogP contribution in [0.15, 0.2) is 18.2 Å². The van der Waals surface area contributed by atoms with Crippen molar-refractivity contribution in [2.24, 2.45) is 11.7 Å². The summed E-state index contributed by atoms with van der Waals surface area (Å²) >= 11 is 6.13. The van der Waals surface area contributed by atoms with E-state index in [0.29, 0.717) is 13.1 Å². The molecule has 2 saturated heterocycles. The highest BCUT2D eigenvalue weighted by molar-refractivity contribution is 6.30. The minimum atomic E-state index is -0.298. The highest BCUT2D eigenvalue weighted by atomic mass is 35.5. The minimum Gasteiger partial charge on any atom is -0.369 e. The molecule has 2 N–H and O–H groups in total. The van der Waals surface area contributed by atoms with Crippen LogP contribution in [0.5, 0.6) is 0 Å². The average molecular weight is 379 g/mol. The van der Waals surface area contributed by atoms with E-state index < -0.39 is 0 Å². The SMILES string of the molecule is Cc1ccc(Cl)cc1N1CCN(CC(=O)N2CCC[C@@H](C(N)=O)C2)CC1. The van der Waals surface area contributed by atoms with Gasteiger partial charge in [0.1, 0.15) is 0 Å². The molecule has 0 aromatic heterocycles. The zero-order valence-electron chi connectivity index (χ0n) is 15.3. The Hall–Kier alpha value is -1.79. The number of rotatable bonds is 4. The fourth-order valence-corrected chi connectivity index (χ4v) is 3.96. The topological polar surface area (TPSA) is 69.9 Å². The molecule has 0 aliphatic carbocycles. The van der Waals surface area contributed by atoms with Crippen LogP contribution in [0.1, 0.15) is 18.4 Å². The number of hydrogen-bond acceptors (Lipinski definition) is 4. The lowest BCUT2D eigenvalue weighted by molar-refractivity contribution is -0.136. The first-order chi connectivity index (χ1) is 12.4. The Kier molecular flexibility index (Phi) is 6.04. The number of amides is 2. The maximum Gasteiger partial charge on any atom is 0.236 e. The van der Waals surface area contributed by atoms with E-state index in [0.717, 1.165) is 50.6 Å². The molecule has 0 bridgehead atoms. The van der Waals surface area contributed by atoms with Crippen molar-refractivity contribution >= 4 is 29.1 Å². The van der Waals surface area contributed by atoms with Gasteiger partial charge in [0.15, 0.2) is 0 Å².